The largest absolute Gasteiger partial charge is 0.355 e. The predicted molar refractivity (Wildman–Crippen MR) is 112 cm³/mol. The van der Waals surface area contributed by atoms with E-state index in [1.165, 1.54) is 27.5 Å². The van der Waals surface area contributed by atoms with Crippen LogP contribution in [0.4, 0.5) is 11.4 Å². The molecule has 0 aliphatic heterocycles. The van der Waals surface area contributed by atoms with Crippen molar-refractivity contribution >= 4 is 38.9 Å². The fourth-order valence-corrected chi connectivity index (χ4v) is 3.78. The van der Waals surface area contributed by atoms with Gasteiger partial charge in [-0.1, -0.05) is 54.6 Å². The van der Waals surface area contributed by atoms with Crippen molar-refractivity contribution in [1.29, 1.82) is 0 Å². The summed E-state index contributed by atoms with van der Waals surface area (Å²) in [7, 11) is 0. The summed E-state index contributed by atoms with van der Waals surface area (Å²) in [6.07, 6.45) is 9.07. The fraction of sp³-hybridized carbons (Fsp3) is 0.0833. The van der Waals surface area contributed by atoms with E-state index in [-0.39, 0.29) is 0 Å². The third kappa shape index (κ3) is 2.51. The third-order valence-electron chi connectivity index (χ3n) is 4.97. The first-order chi connectivity index (χ1) is 12.9. The van der Waals surface area contributed by atoms with E-state index in [9.17, 15) is 0 Å². The molecule has 2 nitrogen and oxygen atoms in total. The van der Waals surface area contributed by atoms with Crippen molar-refractivity contribution in [3.8, 4) is 0 Å². The van der Waals surface area contributed by atoms with Crippen molar-refractivity contribution in [3.63, 3.8) is 0 Å². The number of anilines is 2. The number of para-hydroxylation sites is 2. The number of allylic oxidation sites excluding steroid dienone is 4. The molecule has 0 saturated heterocycles. The highest BCUT2D eigenvalue weighted by Gasteiger charge is 2.13. The van der Waals surface area contributed by atoms with Crippen molar-refractivity contribution in [2.45, 2.75) is 12.8 Å². The molecule has 1 aromatic heterocycles. The fourth-order valence-electron chi connectivity index (χ4n) is 3.78. The second-order valence-electron chi connectivity index (χ2n) is 6.68. The van der Waals surface area contributed by atoms with Gasteiger partial charge in [-0.3, -0.25) is 0 Å². The highest BCUT2D eigenvalue weighted by Crippen LogP contribution is 2.35. The molecule has 126 valence electrons. The van der Waals surface area contributed by atoms with Gasteiger partial charge in [-0.2, -0.15) is 0 Å². The second-order valence-corrected chi connectivity index (χ2v) is 6.68. The first-order valence-electron chi connectivity index (χ1n) is 9.12. The van der Waals surface area contributed by atoms with Crippen LogP contribution in [0.2, 0.25) is 0 Å². The number of aromatic nitrogens is 1. The zero-order valence-electron chi connectivity index (χ0n) is 14.5. The zero-order chi connectivity index (χ0) is 17.3. The van der Waals surface area contributed by atoms with Crippen LogP contribution in [0.15, 0.2) is 91.0 Å². The predicted octanol–water partition coefficient (Wildman–Crippen LogP) is 6.73. The molecule has 0 bridgehead atoms. The van der Waals surface area contributed by atoms with Crippen LogP contribution in [0.25, 0.3) is 27.5 Å². The van der Waals surface area contributed by atoms with Gasteiger partial charge in [0.15, 0.2) is 0 Å². The van der Waals surface area contributed by atoms with Crippen LogP contribution in [0.3, 0.4) is 0 Å². The molecular formula is C24H20N2. The zero-order valence-corrected chi connectivity index (χ0v) is 14.5. The molecule has 0 amide bonds. The van der Waals surface area contributed by atoms with E-state index in [0.29, 0.717) is 0 Å². The van der Waals surface area contributed by atoms with Crippen molar-refractivity contribution in [3.05, 3.63) is 91.0 Å². The molecule has 3 aromatic carbocycles. The van der Waals surface area contributed by atoms with E-state index in [0.717, 1.165) is 24.2 Å². The molecular weight excluding hydrogens is 316 g/mol. The summed E-state index contributed by atoms with van der Waals surface area (Å²) in [6, 6.07) is 25.6. The lowest BCUT2D eigenvalue weighted by atomic mass is 10.1. The van der Waals surface area contributed by atoms with Crippen molar-refractivity contribution in [2.24, 2.45) is 0 Å². The summed E-state index contributed by atoms with van der Waals surface area (Å²) in [5, 5.41) is 6.11. The minimum atomic E-state index is 1.10. The first-order valence-corrected chi connectivity index (χ1v) is 9.12. The second kappa shape index (κ2) is 6.23. The lowest BCUT2D eigenvalue weighted by Gasteiger charge is -2.13. The van der Waals surface area contributed by atoms with Crippen LogP contribution in [-0.4, -0.2) is 4.57 Å². The number of nitrogens with zero attached hydrogens (tertiary/aromatic N) is 1. The molecule has 1 heterocycles. The molecule has 5 rings (SSSR count). The van der Waals surface area contributed by atoms with Crippen LogP contribution in [0.1, 0.15) is 12.8 Å². The van der Waals surface area contributed by atoms with Gasteiger partial charge < -0.3 is 9.88 Å². The number of nitrogens with one attached hydrogen (secondary N) is 1. The van der Waals surface area contributed by atoms with Gasteiger partial charge in [0.25, 0.3) is 0 Å². The Kier molecular flexibility index (Phi) is 3.60. The standard InChI is InChI=1S/C24H20N2/c1-3-9-18(10-4-1)25-19-15-16-22-21-13-7-8-14-23(21)26(24(22)17-19)20-11-5-2-6-12-20/h1,3-5,7-17,25H,2,6H2. The first kappa shape index (κ1) is 15.0. The minimum absolute atomic E-state index is 1.10. The molecule has 0 unspecified atom stereocenters. The van der Waals surface area contributed by atoms with Gasteiger partial charge in [0, 0.05) is 27.8 Å². The van der Waals surface area contributed by atoms with Gasteiger partial charge >= 0.3 is 0 Å². The highest BCUT2D eigenvalue weighted by molar-refractivity contribution is 6.11. The van der Waals surface area contributed by atoms with Gasteiger partial charge in [0.2, 0.25) is 0 Å². The van der Waals surface area contributed by atoms with E-state index < -0.39 is 0 Å². The third-order valence-corrected chi connectivity index (χ3v) is 4.97. The molecule has 0 radical (unpaired) electrons. The number of benzene rings is 3. The molecule has 0 atom stereocenters. The van der Waals surface area contributed by atoms with Crippen LogP contribution in [-0.2, 0) is 0 Å². The minimum Gasteiger partial charge on any atom is -0.355 e. The van der Waals surface area contributed by atoms with Gasteiger partial charge in [0.1, 0.15) is 0 Å². The molecule has 1 aliphatic carbocycles. The Morgan fingerprint density at radius 3 is 2.35 bits per heavy atom. The summed E-state index contributed by atoms with van der Waals surface area (Å²) in [5.41, 5.74) is 5.97. The Bertz CT molecular complexity index is 1150. The van der Waals surface area contributed by atoms with Crippen molar-refractivity contribution < 1.29 is 0 Å². The van der Waals surface area contributed by atoms with Gasteiger partial charge in [-0.05, 0) is 49.2 Å². The Labute approximate surface area is 153 Å². The molecule has 1 N–H and O–H groups in total. The van der Waals surface area contributed by atoms with Gasteiger partial charge in [0.05, 0.1) is 11.0 Å². The van der Waals surface area contributed by atoms with Gasteiger partial charge in [-0.15, -0.1) is 0 Å². The molecule has 2 heteroatoms. The molecule has 0 saturated carbocycles. The number of rotatable bonds is 3. The number of hydrogen-bond acceptors (Lipinski definition) is 1. The normalized spacial score (nSPS) is 13.9. The van der Waals surface area contributed by atoms with Crippen LogP contribution < -0.4 is 5.32 Å². The summed E-state index contributed by atoms with van der Waals surface area (Å²) in [5.74, 6) is 0. The number of hydrogen-bond donors (Lipinski definition) is 1. The average molecular weight is 336 g/mol. The van der Waals surface area contributed by atoms with Crippen LogP contribution in [0, 0.1) is 0 Å². The summed E-state index contributed by atoms with van der Waals surface area (Å²) >= 11 is 0. The SMILES string of the molecule is C1=CC(n2c3ccccc3c3ccc(Nc4ccccc4)cc32)=CCC1. The maximum Gasteiger partial charge on any atom is 0.0561 e. The van der Waals surface area contributed by atoms with E-state index >= 15 is 0 Å². The molecule has 26 heavy (non-hydrogen) atoms. The van der Waals surface area contributed by atoms with Crippen molar-refractivity contribution in [2.75, 3.05) is 5.32 Å². The Hall–Kier alpha value is -3.26. The Morgan fingerprint density at radius 2 is 1.50 bits per heavy atom. The Morgan fingerprint density at radius 1 is 0.692 bits per heavy atom. The molecule has 4 aromatic rings. The monoisotopic (exact) mass is 336 g/mol. The van der Waals surface area contributed by atoms with Crippen LogP contribution in [0.5, 0.6) is 0 Å². The van der Waals surface area contributed by atoms with E-state index in [1.807, 2.05) is 6.07 Å². The van der Waals surface area contributed by atoms with E-state index in [2.05, 4.69) is 94.8 Å². The quantitative estimate of drug-likeness (QED) is 0.439. The summed E-state index contributed by atoms with van der Waals surface area (Å²) < 4.78 is 2.39. The molecule has 0 spiro atoms. The lowest BCUT2D eigenvalue weighted by molar-refractivity contribution is 1.02. The summed E-state index contributed by atoms with van der Waals surface area (Å²) in [6.45, 7) is 0. The lowest BCUT2D eigenvalue weighted by Crippen LogP contribution is -1.97. The maximum atomic E-state index is 3.52. The smallest absolute Gasteiger partial charge is 0.0561 e. The van der Waals surface area contributed by atoms with Crippen LogP contribution >= 0.6 is 0 Å². The average Bonchev–Trinajstić information content (AvgIpc) is 3.03. The van der Waals surface area contributed by atoms with Gasteiger partial charge in [-0.25, -0.2) is 0 Å². The summed E-state index contributed by atoms with van der Waals surface area (Å²) in [4.78, 5) is 0. The van der Waals surface area contributed by atoms with E-state index in [1.54, 1.807) is 0 Å². The van der Waals surface area contributed by atoms with E-state index in [4.69, 9.17) is 0 Å². The molecule has 1 aliphatic rings. The molecule has 0 fully saturated rings. The number of fused-ring (bicyclic) bond motifs is 3. The Balaban J connectivity index is 1.72. The maximum absolute atomic E-state index is 3.52. The topological polar surface area (TPSA) is 17.0 Å². The van der Waals surface area contributed by atoms with Crippen molar-refractivity contribution in [1.82, 2.24) is 4.57 Å². The highest BCUT2D eigenvalue weighted by atomic mass is 15.0.